The van der Waals surface area contributed by atoms with Crippen LogP contribution in [0, 0.1) is 6.92 Å². The first-order valence-electron chi connectivity index (χ1n) is 11.8. The van der Waals surface area contributed by atoms with Crippen LogP contribution >= 0.6 is 0 Å². The number of ether oxygens (including phenoxy) is 1. The number of sulfonamides is 1. The number of benzene rings is 1. The van der Waals surface area contributed by atoms with Crippen LogP contribution in [-0.4, -0.2) is 81.3 Å². The number of hydrogen-bond donors (Lipinski definition) is 2. The van der Waals surface area contributed by atoms with Crippen molar-refractivity contribution in [1.82, 2.24) is 28.8 Å². The lowest BCUT2D eigenvalue weighted by Crippen LogP contribution is -2.51. The van der Waals surface area contributed by atoms with Gasteiger partial charge in [-0.15, -0.1) is 5.10 Å². The summed E-state index contributed by atoms with van der Waals surface area (Å²) in [6.45, 7) is 9.05. The van der Waals surface area contributed by atoms with Gasteiger partial charge in [0, 0.05) is 32.6 Å². The van der Waals surface area contributed by atoms with Gasteiger partial charge in [-0.25, -0.2) is 17.9 Å². The van der Waals surface area contributed by atoms with Gasteiger partial charge in [0.15, 0.2) is 11.3 Å². The van der Waals surface area contributed by atoms with Crippen LogP contribution in [0.5, 0.6) is 5.75 Å². The van der Waals surface area contributed by atoms with E-state index in [-0.39, 0.29) is 29.4 Å². The highest BCUT2D eigenvalue weighted by molar-refractivity contribution is 7.89. The summed E-state index contributed by atoms with van der Waals surface area (Å²) in [7, 11) is -3.81. The Kier molecular flexibility index (Phi) is 7.27. The predicted molar refractivity (Wildman–Crippen MR) is 131 cm³/mol. The van der Waals surface area contributed by atoms with Gasteiger partial charge >= 0.3 is 0 Å². The van der Waals surface area contributed by atoms with E-state index in [1.54, 1.807) is 24.4 Å². The molecule has 1 atom stereocenters. The second kappa shape index (κ2) is 10.1. The summed E-state index contributed by atoms with van der Waals surface area (Å²) in [4.78, 5) is 22.1. The molecule has 2 aromatic heterocycles. The van der Waals surface area contributed by atoms with Crippen molar-refractivity contribution in [2.45, 2.75) is 51.7 Å². The maximum Gasteiger partial charge on any atom is 0.277 e. The molecule has 0 spiro atoms. The average molecular weight is 505 g/mol. The van der Waals surface area contributed by atoms with Gasteiger partial charge in [0.25, 0.3) is 5.56 Å². The molecule has 12 heteroatoms. The van der Waals surface area contributed by atoms with E-state index in [1.165, 1.54) is 16.4 Å². The molecule has 0 bridgehead atoms. The zero-order valence-corrected chi connectivity index (χ0v) is 21.3. The van der Waals surface area contributed by atoms with Gasteiger partial charge in [-0.1, -0.05) is 6.92 Å². The zero-order chi connectivity index (χ0) is 25.3. The number of aryl methyl sites for hydroxylation is 2. The Hall–Kier alpha value is -2.80. The van der Waals surface area contributed by atoms with Crippen LogP contribution in [0.3, 0.4) is 0 Å². The first-order valence-corrected chi connectivity index (χ1v) is 13.3. The Morgan fingerprint density at radius 2 is 1.91 bits per heavy atom. The van der Waals surface area contributed by atoms with E-state index in [0.717, 1.165) is 6.42 Å². The number of nitrogens with one attached hydrogen (secondary N) is 1. The van der Waals surface area contributed by atoms with Crippen LogP contribution < -0.4 is 10.3 Å². The Bertz CT molecular complexity index is 1370. The fourth-order valence-corrected chi connectivity index (χ4v) is 5.79. The van der Waals surface area contributed by atoms with E-state index in [0.29, 0.717) is 54.5 Å². The minimum atomic E-state index is -3.81. The number of hydrogen-bond acceptors (Lipinski definition) is 8. The SMILES string of the molecule is CCCc1nc(C)c2c(=O)[nH]c(-c3cc(S(=O)(=O)N4CCN(C(C)O)CC4)ccc3OCC)nn12. The second-order valence-electron chi connectivity index (χ2n) is 8.59. The van der Waals surface area contributed by atoms with Gasteiger partial charge in [0.05, 0.1) is 22.8 Å². The molecular weight excluding hydrogens is 472 g/mol. The number of aliphatic hydroxyl groups is 1. The van der Waals surface area contributed by atoms with Crippen molar-refractivity contribution in [3.63, 3.8) is 0 Å². The van der Waals surface area contributed by atoms with Crippen molar-refractivity contribution in [1.29, 1.82) is 0 Å². The second-order valence-corrected chi connectivity index (χ2v) is 10.5. The van der Waals surface area contributed by atoms with E-state index < -0.39 is 16.3 Å². The van der Waals surface area contributed by atoms with Crippen LogP contribution in [0.2, 0.25) is 0 Å². The van der Waals surface area contributed by atoms with Crippen molar-refractivity contribution in [2.24, 2.45) is 0 Å². The van der Waals surface area contributed by atoms with Crippen molar-refractivity contribution < 1.29 is 18.3 Å². The number of nitrogens with zero attached hydrogens (tertiary/aromatic N) is 5. The third-order valence-electron chi connectivity index (χ3n) is 6.16. The predicted octanol–water partition coefficient (Wildman–Crippen LogP) is 1.39. The maximum absolute atomic E-state index is 13.4. The standard InChI is InChI=1S/C23H32N6O5S/c1-5-7-20-24-15(3)21-23(31)25-22(26-29(20)21)18-14-17(8-9-19(18)34-6-2)35(32,33)28-12-10-27(11-13-28)16(4)30/h8-9,14,16,30H,5-7,10-13H2,1-4H3,(H,25,26,31). The Morgan fingerprint density at radius 3 is 2.54 bits per heavy atom. The van der Waals surface area contributed by atoms with E-state index in [4.69, 9.17) is 4.74 Å². The number of rotatable bonds is 8. The van der Waals surface area contributed by atoms with Crippen molar-refractivity contribution in [3.8, 4) is 17.1 Å². The molecule has 35 heavy (non-hydrogen) atoms. The van der Waals surface area contributed by atoms with Gasteiger partial charge in [-0.05, 0) is 45.4 Å². The summed E-state index contributed by atoms with van der Waals surface area (Å²) < 4.78 is 35.6. The molecule has 0 amide bonds. The Labute approximate surface area is 204 Å². The molecule has 4 rings (SSSR count). The maximum atomic E-state index is 13.4. The van der Waals surface area contributed by atoms with Crippen molar-refractivity contribution in [3.05, 3.63) is 40.1 Å². The van der Waals surface area contributed by atoms with Crippen LogP contribution in [0.25, 0.3) is 16.9 Å². The molecule has 0 aliphatic carbocycles. The van der Waals surface area contributed by atoms with Gasteiger partial charge in [-0.3, -0.25) is 9.69 Å². The normalized spacial score (nSPS) is 16.6. The molecule has 1 fully saturated rings. The lowest BCUT2D eigenvalue weighted by Gasteiger charge is -2.35. The molecule has 1 aliphatic rings. The van der Waals surface area contributed by atoms with Crippen LogP contribution in [0.4, 0.5) is 0 Å². The lowest BCUT2D eigenvalue weighted by atomic mass is 10.2. The van der Waals surface area contributed by atoms with Crippen LogP contribution in [-0.2, 0) is 16.4 Å². The fraction of sp³-hybridized carbons (Fsp3) is 0.522. The topological polar surface area (TPSA) is 133 Å². The molecule has 1 unspecified atom stereocenters. The molecule has 3 heterocycles. The lowest BCUT2D eigenvalue weighted by molar-refractivity contribution is -0.000179. The third-order valence-corrected chi connectivity index (χ3v) is 8.06. The third kappa shape index (κ3) is 4.83. The number of H-pyrrole nitrogens is 1. The van der Waals surface area contributed by atoms with E-state index >= 15 is 0 Å². The molecule has 2 N–H and O–H groups in total. The highest BCUT2D eigenvalue weighted by Gasteiger charge is 2.30. The number of piperazine rings is 1. The highest BCUT2D eigenvalue weighted by Crippen LogP contribution is 2.31. The van der Waals surface area contributed by atoms with Gasteiger partial charge in [0.1, 0.15) is 17.8 Å². The molecule has 1 aromatic carbocycles. The molecule has 3 aromatic rings. The summed E-state index contributed by atoms with van der Waals surface area (Å²) in [5.41, 5.74) is 0.983. The van der Waals surface area contributed by atoms with Gasteiger partial charge in [0.2, 0.25) is 10.0 Å². The number of aromatic amines is 1. The molecule has 0 saturated carbocycles. The van der Waals surface area contributed by atoms with Gasteiger partial charge < -0.3 is 14.8 Å². The van der Waals surface area contributed by atoms with Crippen LogP contribution in [0.15, 0.2) is 27.9 Å². The number of imidazole rings is 1. The molecular formula is C23H32N6O5S. The Balaban J connectivity index is 1.79. The minimum absolute atomic E-state index is 0.0831. The van der Waals surface area contributed by atoms with E-state index in [9.17, 15) is 18.3 Å². The number of aliphatic hydroxyl groups excluding tert-OH is 1. The summed E-state index contributed by atoms with van der Waals surface area (Å²) >= 11 is 0. The highest BCUT2D eigenvalue weighted by atomic mass is 32.2. The van der Waals surface area contributed by atoms with Crippen molar-refractivity contribution in [2.75, 3.05) is 32.8 Å². The fourth-order valence-electron chi connectivity index (χ4n) is 4.35. The summed E-state index contributed by atoms with van der Waals surface area (Å²) in [6, 6.07) is 4.59. The molecule has 0 radical (unpaired) electrons. The first kappa shape index (κ1) is 25.3. The van der Waals surface area contributed by atoms with E-state index in [2.05, 4.69) is 15.1 Å². The molecule has 1 saturated heterocycles. The monoisotopic (exact) mass is 504 g/mol. The van der Waals surface area contributed by atoms with Gasteiger partial charge in [-0.2, -0.15) is 4.31 Å². The van der Waals surface area contributed by atoms with E-state index in [1.807, 2.05) is 18.7 Å². The number of aromatic nitrogens is 4. The quantitative estimate of drug-likeness (QED) is 0.470. The molecule has 1 aliphatic heterocycles. The summed E-state index contributed by atoms with van der Waals surface area (Å²) in [6.07, 6.45) is 0.859. The summed E-state index contributed by atoms with van der Waals surface area (Å²) in [5.74, 6) is 1.29. The first-order chi connectivity index (χ1) is 16.7. The minimum Gasteiger partial charge on any atom is -0.493 e. The van der Waals surface area contributed by atoms with Crippen LogP contribution in [0.1, 0.15) is 38.7 Å². The largest absolute Gasteiger partial charge is 0.493 e. The Morgan fingerprint density at radius 1 is 1.20 bits per heavy atom. The smallest absolute Gasteiger partial charge is 0.277 e. The zero-order valence-electron chi connectivity index (χ0n) is 20.5. The molecule has 11 nitrogen and oxygen atoms in total. The van der Waals surface area contributed by atoms with Crippen molar-refractivity contribution >= 4 is 15.5 Å². The number of fused-ring (bicyclic) bond motifs is 1. The average Bonchev–Trinajstić information content (AvgIpc) is 3.15. The summed E-state index contributed by atoms with van der Waals surface area (Å²) in [5, 5.41) is 14.4. The molecule has 190 valence electrons.